The summed E-state index contributed by atoms with van der Waals surface area (Å²) in [5.74, 6) is 2.40. The van der Waals surface area contributed by atoms with E-state index < -0.39 is 0 Å². The smallest absolute Gasteiger partial charge is 0.138 e. The predicted molar refractivity (Wildman–Crippen MR) is 100 cm³/mol. The summed E-state index contributed by atoms with van der Waals surface area (Å²) < 4.78 is 0. The van der Waals surface area contributed by atoms with Crippen LogP contribution in [0.5, 0.6) is 0 Å². The van der Waals surface area contributed by atoms with E-state index in [9.17, 15) is 0 Å². The maximum atomic E-state index is 4.56. The zero-order valence-corrected chi connectivity index (χ0v) is 14.5. The first-order chi connectivity index (χ1) is 11.5. The SMILES string of the molecule is Cc1ccc(Nc2cc(N(C)c3ccccc3)nc(C)n2)c(C)c1. The molecule has 0 radical (unpaired) electrons. The Balaban J connectivity index is 1.91. The van der Waals surface area contributed by atoms with Crippen LogP contribution in [0, 0.1) is 20.8 Å². The van der Waals surface area contributed by atoms with Crippen molar-refractivity contribution in [2.24, 2.45) is 0 Å². The lowest BCUT2D eigenvalue weighted by Crippen LogP contribution is -2.13. The van der Waals surface area contributed by atoms with Gasteiger partial charge in [0, 0.05) is 24.5 Å². The molecule has 0 saturated carbocycles. The highest BCUT2D eigenvalue weighted by atomic mass is 15.2. The Kier molecular flexibility index (Phi) is 4.47. The van der Waals surface area contributed by atoms with Gasteiger partial charge in [-0.25, -0.2) is 9.97 Å². The van der Waals surface area contributed by atoms with Gasteiger partial charge < -0.3 is 10.2 Å². The van der Waals surface area contributed by atoms with Crippen LogP contribution in [0.4, 0.5) is 23.0 Å². The van der Waals surface area contributed by atoms with Gasteiger partial charge in [-0.2, -0.15) is 0 Å². The summed E-state index contributed by atoms with van der Waals surface area (Å²) in [5, 5.41) is 3.41. The monoisotopic (exact) mass is 318 g/mol. The molecule has 1 aromatic heterocycles. The summed E-state index contributed by atoms with van der Waals surface area (Å²) in [6.07, 6.45) is 0. The van der Waals surface area contributed by atoms with Crippen LogP contribution < -0.4 is 10.2 Å². The summed E-state index contributed by atoms with van der Waals surface area (Å²) in [6, 6.07) is 18.5. The fourth-order valence-electron chi connectivity index (χ4n) is 2.66. The number of rotatable bonds is 4. The summed E-state index contributed by atoms with van der Waals surface area (Å²) in [4.78, 5) is 11.1. The third-order valence-electron chi connectivity index (χ3n) is 3.96. The van der Waals surface area contributed by atoms with Gasteiger partial charge in [-0.15, -0.1) is 0 Å². The zero-order chi connectivity index (χ0) is 17.1. The van der Waals surface area contributed by atoms with Gasteiger partial charge in [0.2, 0.25) is 0 Å². The number of nitrogens with zero attached hydrogens (tertiary/aromatic N) is 3. The third-order valence-corrected chi connectivity index (χ3v) is 3.96. The van der Waals surface area contributed by atoms with Crippen LogP contribution in [0.3, 0.4) is 0 Å². The Morgan fingerprint density at radius 3 is 2.33 bits per heavy atom. The van der Waals surface area contributed by atoms with Crippen molar-refractivity contribution >= 4 is 23.0 Å². The minimum Gasteiger partial charge on any atom is -0.340 e. The molecule has 3 aromatic rings. The van der Waals surface area contributed by atoms with Gasteiger partial charge >= 0.3 is 0 Å². The second-order valence-corrected chi connectivity index (χ2v) is 6.00. The standard InChI is InChI=1S/C20H22N4/c1-14-10-11-18(15(2)12-14)23-19-13-20(22-16(3)21-19)24(4)17-8-6-5-7-9-17/h5-13H,1-4H3,(H,21,22,23). The molecular weight excluding hydrogens is 296 g/mol. The van der Waals surface area contributed by atoms with Crippen molar-refractivity contribution in [2.45, 2.75) is 20.8 Å². The van der Waals surface area contributed by atoms with Crippen LogP contribution in [0.1, 0.15) is 17.0 Å². The first-order valence-corrected chi connectivity index (χ1v) is 8.01. The maximum Gasteiger partial charge on any atom is 0.138 e. The quantitative estimate of drug-likeness (QED) is 0.742. The van der Waals surface area contributed by atoms with E-state index in [-0.39, 0.29) is 0 Å². The molecule has 4 heteroatoms. The molecule has 1 heterocycles. The highest BCUT2D eigenvalue weighted by Crippen LogP contribution is 2.26. The molecule has 24 heavy (non-hydrogen) atoms. The molecule has 0 fully saturated rings. The maximum absolute atomic E-state index is 4.56. The Labute approximate surface area is 143 Å². The van der Waals surface area contributed by atoms with Crippen molar-refractivity contribution in [1.29, 1.82) is 0 Å². The van der Waals surface area contributed by atoms with E-state index in [2.05, 4.69) is 64.4 Å². The molecule has 0 aliphatic rings. The first kappa shape index (κ1) is 16.0. The average molecular weight is 318 g/mol. The predicted octanol–water partition coefficient (Wildman–Crippen LogP) is 4.91. The van der Waals surface area contributed by atoms with E-state index >= 15 is 0 Å². The molecule has 0 saturated heterocycles. The summed E-state index contributed by atoms with van der Waals surface area (Å²) in [5.41, 5.74) is 4.60. The van der Waals surface area contributed by atoms with Crippen molar-refractivity contribution < 1.29 is 0 Å². The second-order valence-electron chi connectivity index (χ2n) is 6.00. The molecule has 0 spiro atoms. The van der Waals surface area contributed by atoms with Crippen molar-refractivity contribution in [1.82, 2.24) is 9.97 Å². The summed E-state index contributed by atoms with van der Waals surface area (Å²) in [7, 11) is 2.01. The molecule has 0 bridgehead atoms. The molecule has 0 unspecified atom stereocenters. The minimum atomic E-state index is 0.738. The van der Waals surface area contributed by atoms with Crippen LogP contribution in [-0.2, 0) is 0 Å². The van der Waals surface area contributed by atoms with Gasteiger partial charge in [0.25, 0.3) is 0 Å². The van der Waals surface area contributed by atoms with Crippen LogP contribution >= 0.6 is 0 Å². The van der Waals surface area contributed by atoms with E-state index in [1.54, 1.807) is 0 Å². The van der Waals surface area contributed by atoms with Crippen LogP contribution in [0.2, 0.25) is 0 Å². The Morgan fingerprint density at radius 1 is 0.875 bits per heavy atom. The van der Waals surface area contributed by atoms with Gasteiger partial charge in [-0.05, 0) is 44.5 Å². The van der Waals surface area contributed by atoms with Crippen LogP contribution in [-0.4, -0.2) is 17.0 Å². The number of anilines is 4. The Morgan fingerprint density at radius 2 is 1.62 bits per heavy atom. The van der Waals surface area contributed by atoms with Gasteiger partial charge in [0.05, 0.1) is 0 Å². The van der Waals surface area contributed by atoms with Crippen molar-refractivity contribution in [3.8, 4) is 0 Å². The number of para-hydroxylation sites is 1. The molecule has 2 aromatic carbocycles. The first-order valence-electron chi connectivity index (χ1n) is 8.01. The number of aryl methyl sites for hydroxylation is 3. The molecule has 0 atom stereocenters. The normalized spacial score (nSPS) is 10.5. The van der Waals surface area contributed by atoms with Crippen LogP contribution in [0.25, 0.3) is 0 Å². The van der Waals surface area contributed by atoms with Gasteiger partial charge in [0.1, 0.15) is 17.5 Å². The molecule has 1 N–H and O–H groups in total. The van der Waals surface area contributed by atoms with Gasteiger partial charge in [-0.1, -0.05) is 35.9 Å². The lowest BCUT2D eigenvalue weighted by atomic mass is 10.1. The fraction of sp³-hybridized carbons (Fsp3) is 0.200. The molecule has 3 rings (SSSR count). The number of aromatic nitrogens is 2. The molecule has 0 amide bonds. The van der Waals surface area contributed by atoms with Gasteiger partial charge in [-0.3, -0.25) is 0 Å². The lowest BCUT2D eigenvalue weighted by Gasteiger charge is -2.19. The number of benzene rings is 2. The average Bonchev–Trinajstić information content (AvgIpc) is 2.57. The Hall–Kier alpha value is -2.88. The molecule has 0 aliphatic carbocycles. The van der Waals surface area contributed by atoms with E-state index in [1.807, 2.05) is 38.2 Å². The molecule has 122 valence electrons. The van der Waals surface area contributed by atoms with Crippen molar-refractivity contribution in [3.63, 3.8) is 0 Å². The molecule has 0 aliphatic heterocycles. The highest BCUT2D eigenvalue weighted by Gasteiger charge is 2.09. The number of nitrogens with one attached hydrogen (secondary N) is 1. The number of hydrogen-bond acceptors (Lipinski definition) is 4. The largest absolute Gasteiger partial charge is 0.340 e. The van der Waals surface area contributed by atoms with Crippen molar-refractivity contribution in [3.05, 3.63) is 71.5 Å². The fourth-order valence-corrected chi connectivity index (χ4v) is 2.66. The van der Waals surface area contributed by atoms with E-state index in [0.29, 0.717) is 0 Å². The van der Waals surface area contributed by atoms with E-state index in [4.69, 9.17) is 0 Å². The molecular formula is C20H22N4. The summed E-state index contributed by atoms with van der Waals surface area (Å²) >= 11 is 0. The second kappa shape index (κ2) is 6.71. The minimum absolute atomic E-state index is 0.738. The summed E-state index contributed by atoms with van der Waals surface area (Å²) in [6.45, 7) is 6.11. The Bertz CT molecular complexity index is 844. The molecule has 4 nitrogen and oxygen atoms in total. The lowest BCUT2D eigenvalue weighted by molar-refractivity contribution is 1.02. The zero-order valence-electron chi connectivity index (χ0n) is 14.5. The van der Waals surface area contributed by atoms with Crippen molar-refractivity contribution in [2.75, 3.05) is 17.3 Å². The number of hydrogen-bond donors (Lipinski definition) is 1. The topological polar surface area (TPSA) is 41.0 Å². The van der Waals surface area contributed by atoms with Gasteiger partial charge in [0.15, 0.2) is 0 Å². The van der Waals surface area contributed by atoms with E-state index in [0.717, 1.165) is 28.8 Å². The third kappa shape index (κ3) is 3.54. The van der Waals surface area contributed by atoms with Crippen LogP contribution in [0.15, 0.2) is 54.6 Å². The van der Waals surface area contributed by atoms with E-state index in [1.165, 1.54) is 11.1 Å². The highest BCUT2D eigenvalue weighted by molar-refractivity contribution is 5.66.